The number of aromatic nitrogens is 5. The van der Waals surface area contributed by atoms with Crippen LogP contribution in [0, 0.1) is 29.4 Å². The van der Waals surface area contributed by atoms with Crippen LogP contribution in [0.15, 0.2) is 66.7 Å². The zero-order valence-electron chi connectivity index (χ0n) is 48.1. The molecular formula is C67H70F2N10O6. The van der Waals surface area contributed by atoms with Crippen LogP contribution in [0.1, 0.15) is 123 Å². The van der Waals surface area contributed by atoms with E-state index < -0.39 is 17.6 Å². The molecule has 3 aromatic heterocycles. The van der Waals surface area contributed by atoms with Crippen LogP contribution in [-0.4, -0.2) is 136 Å². The first-order chi connectivity index (χ1) is 41.4. The van der Waals surface area contributed by atoms with E-state index in [0.29, 0.717) is 104 Å². The summed E-state index contributed by atoms with van der Waals surface area (Å²) in [6.07, 6.45) is 18.2. The molecule has 0 saturated carbocycles. The third kappa shape index (κ3) is 9.42. The molecule has 6 fully saturated rings. The summed E-state index contributed by atoms with van der Waals surface area (Å²) in [7, 11) is 1.92. The first-order valence-electron chi connectivity index (χ1n) is 30.8. The molecular weight excluding hydrogens is 1080 g/mol. The van der Waals surface area contributed by atoms with Gasteiger partial charge in [-0.05, 0) is 154 Å². The van der Waals surface area contributed by atoms with E-state index in [2.05, 4.69) is 62.3 Å². The number of terminal acetylenes is 1. The molecule has 4 aromatic carbocycles. The number of piperidine rings is 3. The number of rotatable bonds is 9. The summed E-state index contributed by atoms with van der Waals surface area (Å²) in [4.78, 5) is 62.4. The molecule has 18 heteroatoms. The molecule has 8 aliphatic rings. The van der Waals surface area contributed by atoms with Crippen molar-refractivity contribution in [2.75, 3.05) is 75.5 Å². The van der Waals surface area contributed by atoms with Gasteiger partial charge < -0.3 is 28.9 Å². The van der Waals surface area contributed by atoms with E-state index in [9.17, 15) is 14.4 Å². The normalized spacial score (nSPS) is 24.1. The molecule has 10 heterocycles. The molecule has 0 bridgehead atoms. The SMILES string of the molecule is C#Cc1c(F)ccc2cccc(-c3nc4c5c(nc(OC[C@@]67CCCN6[C@H](COC(=O)N6CCC8(CC6)Cc6ccc(C9CCN(c%10ccc%11c(C%12CCC(=O)NC%12=O)nn(C)c%11c%10)CC9)cc6C8)CC7)nc5c3F)N3CCCOC[C@@H]3CC4)c12. The fourth-order valence-electron chi connectivity index (χ4n) is 16.2. The van der Waals surface area contributed by atoms with Gasteiger partial charge in [-0.2, -0.15) is 15.1 Å². The summed E-state index contributed by atoms with van der Waals surface area (Å²) in [6.45, 7) is 6.54. The number of hydrogen-bond donors (Lipinski definition) is 1. The molecule has 7 aliphatic heterocycles. The van der Waals surface area contributed by atoms with E-state index >= 15 is 8.78 Å². The minimum atomic E-state index is -0.639. The summed E-state index contributed by atoms with van der Waals surface area (Å²) in [5.74, 6) is 1.48. The van der Waals surface area contributed by atoms with Gasteiger partial charge >= 0.3 is 12.1 Å². The van der Waals surface area contributed by atoms with Crippen LogP contribution in [0.2, 0.25) is 0 Å². The number of pyridine rings is 1. The van der Waals surface area contributed by atoms with Crippen LogP contribution >= 0.6 is 0 Å². The van der Waals surface area contributed by atoms with E-state index in [-0.39, 0.29) is 63.7 Å². The average molecular weight is 1150 g/mol. The molecule has 7 aromatic rings. The minimum absolute atomic E-state index is 0.00538. The largest absolute Gasteiger partial charge is 0.461 e. The number of halogens is 2. The number of fused-ring (bicyclic) bond motifs is 6. The number of aryl methyl sites for hydroxylation is 2. The Morgan fingerprint density at radius 2 is 1.72 bits per heavy atom. The van der Waals surface area contributed by atoms with Crippen molar-refractivity contribution in [3.63, 3.8) is 0 Å². The van der Waals surface area contributed by atoms with Gasteiger partial charge in [0.1, 0.15) is 36.1 Å². The number of likely N-dealkylation sites (tertiary alicyclic amines) is 1. The van der Waals surface area contributed by atoms with Gasteiger partial charge in [-0.1, -0.05) is 48.4 Å². The molecule has 1 spiro atoms. The van der Waals surface area contributed by atoms with Gasteiger partial charge in [-0.3, -0.25) is 24.5 Å². The van der Waals surface area contributed by atoms with Gasteiger partial charge in [0.15, 0.2) is 5.82 Å². The lowest BCUT2D eigenvalue weighted by Crippen LogP contribution is -2.49. The van der Waals surface area contributed by atoms with Crippen LogP contribution in [0.3, 0.4) is 0 Å². The summed E-state index contributed by atoms with van der Waals surface area (Å²) >= 11 is 0. The van der Waals surface area contributed by atoms with Crippen LogP contribution in [-0.2, 0) is 45.4 Å². The highest BCUT2D eigenvalue weighted by Crippen LogP contribution is 2.48. The number of carbonyl (C=O) groups is 3. The minimum Gasteiger partial charge on any atom is -0.461 e. The van der Waals surface area contributed by atoms with Crippen molar-refractivity contribution in [1.29, 1.82) is 0 Å². The van der Waals surface area contributed by atoms with E-state index in [1.807, 2.05) is 22.7 Å². The smallest absolute Gasteiger partial charge is 0.409 e. The van der Waals surface area contributed by atoms with E-state index in [4.69, 9.17) is 40.7 Å². The lowest BCUT2D eigenvalue weighted by atomic mass is 9.76. The van der Waals surface area contributed by atoms with Gasteiger partial charge in [-0.25, -0.2) is 18.6 Å². The molecule has 4 atom stereocenters. The summed E-state index contributed by atoms with van der Waals surface area (Å²) in [5.41, 5.74) is 8.36. The van der Waals surface area contributed by atoms with Crippen LogP contribution in [0.4, 0.5) is 25.1 Å². The maximum absolute atomic E-state index is 17.5. The predicted octanol–water partition coefficient (Wildman–Crippen LogP) is 9.83. The van der Waals surface area contributed by atoms with Gasteiger partial charge in [0.25, 0.3) is 0 Å². The zero-order chi connectivity index (χ0) is 57.7. The lowest BCUT2D eigenvalue weighted by Gasteiger charge is -2.39. The number of hydrogen-bond acceptors (Lipinski definition) is 13. The Hall–Kier alpha value is -7.75. The fourth-order valence-corrected chi connectivity index (χ4v) is 16.2. The summed E-state index contributed by atoms with van der Waals surface area (Å²) < 4.78 is 53.6. The maximum atomic E-state index is 17.5. The lowest BCUT2D eigenvalue weighted by molar-refractivity contribution is -0.134. The molecule has 15 rings (SSSR count). The Labute approximate surface area is 492 Å². The Bertz CT molecular complexity index is 3920. The zero-order valence-corrected chi connectivity index (χ0v) is 48.1. The Morgan fingerprint density at radius 3 is 2.56 bits per heavy atom. The number of benzene rings is 4. The van der Waals surface area contributed by atoms with Crippen molar-refractivity contribution in [3.8, 4) is 29.6 Å². The fraction of sp³-hybridized carbons (Fsp3) is 0.478. The number of amides is 3. The number of anilines is 2. The molecule has 6 saturated heterocycles. The van der Waals surface area contributed by atoms with Crippen molar-refractivity contribution in [1.82, 2.24) is 39.8 Å². The average Bonchev–Trinajstić information content (AvgIpc) is 1.91. The van der Waals surface area contributed by atoms with Gasteiger partial charge in [0.05, 0.1) is 52.0 Å². The van der Waals surface area contributed by atoms with Crippen LogP contribution < -0.4 is 19.9 Å². The highest BCUT2D eigenvalue weighted by atomic mass is 19.1. The number of ether oxygens (including phenoxy) is 3. The third-order valence-electron chi connectivity index (χ3n) is 20.8. The first kappa shape index (κ1) is 53.9. The summed E-state index contributed by atoms with van der Waals surface area (Å²) in [6, 6.07) is 22.1. The van der Waals surface area contributed by atoms with Gasteiger partial charge in [0.2, 0.25) is 11.8 Å². The van der Waals surface area contributed by atoms with Crippen molar-refractivity contribution < 1.29 is 37.4 Å². The molecule has 1 unspecified atom stereocenters. The Morgan fingerprint density at radius 1 is 0.859 bits per heavy atom. The number of carbonyl (C=O) groups excluding carboxylic acids is 3. The van der Waals surface area contributed by atoms with Crippen molar-refractivity contribution in [2.45, 2.75) is 126 Å². The molecule has 16 nitrogen and oxygen atoms in total. The second-order valence-electron chi connectivity index (χ2n) is 25.5. The third-order valence-corrected chi connectivity index (χ3v) is 20.8. The van der Waals surface area contributed by atoms with Crippen molar-refractivity contribution >= 4 is 62.0 Å². The van der Waals surface area contributed by atoms with Crippen molar-refractivity contribution in [3.05, 3.63) is 112 Å². The standard InChI is InChI=1S/C67H70F2N10O6/c1-3-48-52(68)16-11-41-7-4-8-50(56(41)48)60-58(69)61-57-53(70-60)17-13-46-37-83-32-6-26-78(46)62(57)73-64(72-61)85-39-67-22-5-27-79(67)47(19-23-67)38-84-65(82)77-30-24-66(25-31-77)35-43-10-9-42(33-44(43)36-66)40-20-28-76(29-21-40)45-12-14-49-54(34-45)75(2)74-59(49)51-15-18-55(80)71-63(51)81/h1,4,7-12,14,16,33-34,40,46-47,51H,5-6,13,15,17-32,35-39H2,2H3,(H,71,80,81)/t46-,47-,51?,67-/m0/s1. The molecule has 1 aliphatic carbocycles. The maximum Gasteiger partial charge on any atom is 0.409 e. The Kier molecular flexibility index (Phi) is 13.5. The predicted molar refractivity (Wildman–Crippen MR) is 319 cm³/mol. The Balaban J connectivity index is 0.577. The number of imide groups is 1. The molecule has 1 N–H and O–H groups in total. The second kappa shape index (κ2) is 21.3. The van der Waals surface area contributed by atoms with E-state index in [1.165, 1.54) is 22.8 Å². The summed E-state index contributed by atoms with van der Waals surface area (Å²) in [5, 5.41) is 9.87. The van der Waals surface area contributed by atoms with Gasteiger partial charge in [0, 0.05) is 80.9 Å². The molecule has 0 radical (unpaired) electrons. The number of nitrogens with zero attached hydrogens (tertiary/aromatic N) is 9. The van der Waals surface area contributed by atoms with E-state index in [0.717, 1.165) is 119 Å². The molecule has 438 valence electrons. The van der Waals surface area contributed by atoms with E-state index in [1.54, 1.807) is 18.2 Å². The van der Waals surface area contributed by atoms with Crippen molar-refractivity contribution in [2.24, 2.45) is 12.5 Å². The molecule has 3 amide bonds. The van der Waals surface area contributed by atoms with Gasteiger partial charge in [-0.15, -0.1) is 6.42 Å². The topological polar surface area (TPSA) is 160 Å². The molecule has 85 heavy (non-hydrogen) atoms. The van der Waals surface area contributed by atoms with Crippen LogP contribution in [0.25, 0.3) is 43.8 Å². The highest BCUT2D eigenvalue weighted by molar-refractivity contribution is 6.04. The monoisotopic (exact) mass is 1150 g/mol. The highest BCUT2D eigenvalue weighted by Gasteiger charge is 2.51. The van der Waals surface area contributed by atoms with Crippen LogP contribution in [0.5, 0.6) is 6.01 Å². The quantitative estimate of drug-likeness (QED) is 0.108. The number of nitrogens with one attached hydrogen (secondary N) is 1. The first-order valence-corrected chi connectivity index (χ1v) is 30.8. The second-order valence-corrected chi connectivity index (χ2v) is 25.5.